The predicted octanol–water partition coefficient (Wildman–Crippen LogP) is 16.7. The van der Waals surface area contributed by atoms with Crippen LogP contribution in [0.1, 0.15) is 16.7 Å². The number of alkyl halides is 3. The summed E-state index contributed by atoms with van der Waals surface area (Å²) in [6.07, 6.45) is -4.81. The highest BCUT2D eigenvalue weighted by molar-refractivity contribution is 7.27. The molecule has 4 aromatic heterocycles. The van der Waals surface area contributed by atoms with Crippen molar-refractivity contribution in [1.82, 2.24) is 9.13 Å². The molecule has 13 aromatic rings. The van der Waals surface area contributed by atoms with Crippen molar-refractivity contribution >= 4 is 107 Å². The first-order valence-corrected chi connectivity index (χ1v) is 22.9. The fourth-order valence-corrected chi connectivity index (χ4v) is 12.9. The van der Waals surface area contributed by atoms with E-state index in [0.717, 1.165) is 79.9 Å². The van der Waals surface area contributed by atoms with Gasteiger partial charge in [-0.25, -0.2) is 0 Å². The fourth-order valence-electron chi connectivity index (χ4n) is 10.4. The Morgan fingerprint density at radius 1 is 0.424 bits per heavy atom. The fraction of sp³-hybridized carbons (Fsp3) is 0.0175. The minimum Gasteiger partial charge on any atom is -0.309 e. The van der Waals surface area contributed by atoms with Crippen molar-refractivity contribution in [2.24, 2.45) is 0 Å². The number of thiophene rings is 2. The Labute approximate surface area is 382 Å². The number of halogens is 3. The third kappa shape index (κ3) is 5.36. The Morgan fingerprint density at radius 2 is 0.939 bits per heavy atom. The number of nitrogens with zero attached hydrogens (tertiary/aromatic N) is 4. The predicted molar refractivity (Wildman–Crippen MR) is 266 cm³/mol. The van der Waals surface area contributed by atoms with Crippen molar-refractivity contribution < 1.29 is 13.2 Å². The topological polar surface area (TPSA) is 57.4 Å². The number of nitriles is 2. The highest BCUT2D eigenvalue weighted by Gasteiger charge is 2.36. The first-order chi connectivity index (χ1) is 32.3. The van der Waals surface area contributed by atoms with E-state index in [2.05, 4.69) is 88.0 Å². The van der Waals surface area contributed by atoms with Gasteiger partial charge in [-0.2, -0.15) is 23.7 Å². The van der Waals surface area contributed by atoms with Gasteiger partial charge >= 0.3 is 6.18 Å². The van der Waals surface area contributed by atoms with Gasteiger partial charge in [0, 0.05) is 73.0 Å². The summed E-state index contributed by atoms with van der Waals surface area (Å²) in [4.78, 5) is 0. The van der Waals surface area contributed by atoms with Crippen molar-refractivity contribution in [2.45, 2.75) is 6.18 Å². The van der Waals surface area contributed by atoms with Crippen LogP contribution in [0.3, 0.4) is 0 Å². The number of fused-ring (bicyclic) bond motifs is 14. The molecule has 4 heterocycles. The molecule has 4 nitrogen and oxygen atoms in total. The Kier molecular flexibility index (Phi) is 8.20. The van der Waals surface area contributed by atoms with Crippen LogP contribution in [0.2, 0.25) is 0 Å². The van der Waals surface area contributed by atoms with Crippen molar-refractivity contribution in [1.29, 1.82) is 10.5 Å². The van der Waals surface area contributed by atoms with Gasteiger partial charge in [-0.05, 0) is 77.9 Å². The molecular formula is C57H29F3N4S2. The number of hydrogen-bond donors (Lipinski definition) is 0. The van der Waals surface area contributed by atoms with Crippen molar-refractivity contribution in [2.75, 3.05) is 0 Å². The second kappa shape index (κ2) is 14.1. The SMILES string of the molecule is N#Cc1ccc(-c2cccc(-n3c4ccccc4c4c5sc6ccccc6c5ccc43)c2-c2c(C#N)cccc2-n2c3ccccc3c3c4sc5ccccc5c4ccc32)c(C(F)(F)F)c1. The minimum atomic E-state index is -4.81. The summed E-state index contributed by atoms with van der Waals surface area (Å²) >= 11 is 3.46. The van der Waals surface area contributed by atoms with Crippen molar-refractivity contribution in [3.05, 3.63) is 193 Å². The maximum absolute atomic E-state index is 15.4. The highest BCUT2D eigenvalue weighted by Crippen LogP contribution is 2.51. The Hall–Kier alpha value is -8.21. The zero-order valence-electron chi connectivity index (χ0n) is 34.5. The number of benzene rings is 9. The van der Waals surface area contributed by atoms with Gasteiger partial charge in [0.1, 0.15) is 0 Å². The van der Waals surface area contributed by atoms with Gasteiger partial charge in [0.2, 0.25) is 0 Å². The van der Waals surface area contributed by atoms with Crippen LogP contribution in [0.15, 0.2) is 176 Å². The van der Waals surface area contributed by atoms with E-state index < -0.39 is 11.7 Å². The highest BCUT2D eigenvalue weighted by atomic mass is 32.1. The summed E-state index contributed by atoms with van der Waals surface area (Å²) in [5.41, 5.74) is 5.16. The molecule has 310 valence electrons. The molecule has 0 N–H and O–H groups in total. The van der Waals surface area contributed by atoms with Crippen LogP contribution in [0, 0.1) is 22.7 Å². The van der Waals surface area contributed by atoms with Gasteiger partial charge in [-0.3, -0.25) is 0 Å². The molecule has 0 aliphatic rings. The lowest BCUT2D eigenvalue weighted by molar-refractivity contribution is -0.137. The van der Waals surface area contributed by atoms with Gasteiger partial charge in [-0.1, -0.05) is 109 Å². The maximum atomic E-state index is 15.4. The summed E-state index contributed by atoms with van der Waals surface area (Å²) in [6, 6.07) is 60.7. The normalized spacial score (nSPS) is 12.1. The van der Waals surface area contributed by atoms with Crippen LogP contribution in [0.5, 0.6) is 0 Å². The molecule has 0 amide bonds. The second-order valence-corrected chi connectivity index (χ2v) is 18.6. The van der Waals surface area contributed by atoms with Gasteiger partial charge in [0.05, 0.1) is 62.3 Å². The number of aromatic nitrogens is 2. The monoisotopic (exact) mass is 890 g/mol. The molecule has 0 unspecified atom stereocenters. The third-order valence-electron chi connectivity index (χ3n) is 13.0. The molecule has 0 aliphatic heterocycles. The van der Waals surface area contributed by atoms with Crippen LogP contribution in [0.25, 0.3) is 118 Å². The average molecular weight is 891 g/mol. The third-order valence-corrected chi connectivity index (χ3v) is 15.4. The molecule has 13 rings (SSSR count). The average Bonchev–Trinajstić information content (AvgIpc) is 4.10. The Morgan fingerprint density at radius 3 is 1.48 bits per heavy atom. The van der Waals surface area contributed by atoms with Crippen LogP contribution < -0.4 is 0 Å². The first kappa shape index (κ1) is 38.3. The Balaban J connectivity index is 1.21. The quantitative estimate of drug-likeness (QED) is 0.177. The lowest BCUT2D eigenvalue weighted by Crippen LogP contribution is -2.09. The van der Waals surface area contributed by atoms with E-state index >= 15 is 13.2 Å². The molecule has 0 spiro atoms. The maximum Gasteiger partial charge on any atom is 0.417 e. The lowest BCUT2D eigenvalue weighted by Gasteiger charge is -2.24. The molecule has 0 saturated heterocycles. The molecule has 0 saturated carbocycles. The van der Waals surface area contributed by atoms with Crippen LogP contribution in [-0.2, 0) is 6.18 Å². The molecular weight excluding hydrogens is 862 g/mol. The molecule has 9 heteroatoms. The largest absolute Gasteiger partial charge is 0.417 e. The molecule has 9 aromatic carbocycles. The molecule has 66 heavy (non-hydrogen) atoms. The number of hydrogen-bond acceptors (Lipinski definition) is 4. The molecule has 0 aliphatic carbocycles. The van der Waals surface area contributed by atoms with Gasteiger partial charge < -0.3 is 9.13 Å². The summed E-state index contributed by atoms with van der Waals surface area (Å²) in [5.74, 6) is 0. The molecule has 0 radical (unpaired) electrons. The summed E-state index contributed by atoms with van der Waals surface area (Å²) in [6.45, 7) is 0. The van der Waals surface area contributed by atoms with Crippen molar-refractivity contribution in [3.63, 3.8) is 0 Å². The van der Waals surface area contributed by atoms with E-state index in [1.165, 1.54) is 22.2 Å². The standard InChI is InChI=1S/C57H29F3N4S2/c58-57(59,60)42-29-32(30-61)23-24-34(42)37-16-10-20-46(64-44-18-6-2-15-41(44)54-48(64)28-26-39-36-13-4-8-22-50(36)66-56(39)54)52(37)51-33(31-62)11-9-19-45(51)63-43-17-5-1-14-40(43)53-47(63)27-25-38-35-12-3-7-21-49(35)65-55(38)53/h1-29H. The summed E-state index contributed by atoms with van der Waals surface area (Å²) in [7, 11) is 0. The zero-order chi connectivity index (χ0) is 44.4. The minimum absolute atomic E-state index is 0.0982. The van der Waals surface area contributed by atoms with E-state index in [9.17, 15) is 10.5 Å². The van der Waals surface area contributed by atoms with Crippen LogP contribution in [0.4, 0.5) is 13.2 Å². The molecule has 0 bridgehead atoms. The first-order valence-electron chi connectivity index (χ1n) is 21.3. The Bertz CT molecular complexity index is 4320. The van der Waals surface area contributed by atoms with E-state index in [0.29, 0.717) is 28.1 Å². The second-order valence-electron chi connectivity index (χ2n) is 16.5. The van der Waals surface area contributed by atoms with E-state index in [1.807, 2.05) is 72.8 Å². The van der Waals surface area contributed by atoms with Gasteiger partial charge in [0.25, 0.3) is 0 Å². The van der Waals surface area contributed by atoms with Crippen molar-refractivity contribution in [3.8, 4) is 45.8 Å². The van der Waals surface area contributed by atoms with Gasteiger partial charge in [0.15, 0.2) is 0 Å². The smallest absolute Gasteiger partial charge is 0.309 e. The molecule has 0 fully saturated rings. The van der Waals surface area contributed by atoms with E-state index in [4.69, 9.17) is 0 Å². The van der Waals surface area contributed by atoms with Gasteiger partial charge in [-0.15, -0.1) is 22.7 Å². The summed E-state index contributed by atoms with van der Waals surface area (Å²) in [5, 5.41) is 29.8. The van der Waals surface area contributed by atoms with Crippen LogP contribution >= 0.6 is 22.7 Å². The zero-order valence-corrected chi connectivity index (χ0v) is 36.1. The van der Waals surface area contributed by atoms with E-state index in [1.54, 1.807) is 40.9 Å². The van der Waals surface area contributed by atoms with E-state index in [-0.39, 0.29) is 16.7 Å². The number of rotatable bonds is 4. The summed E-state index contributed by atoms with van der Waals surface area (Å²) < 4.78 is 55.2. The number of para-hydroxylation sites is 2. The molecule has 0 atom stereocenters. The lowest BCUT2D eigenvalue weighted by atomic mass is 9.86. The van der Waals surface area contributed by atoms with Crippen LogP contribution in [-0.4, -0.2) is 9.13 Å².